The molecule has 1 aromatic carbocycles. The molecule has 1 heterocycles. The molecule has 2 rings (SSSR count). The fraction of sp³-hybridized carbons (Fsp3) is 0.0909. The van der Waals surface area contributed by atoms with Gasteiger partial charge in [-0.3, -0.25) is 10.1 Å². The molecule has 0 unspecified atom stereocenters. The van der Waals surface area contributed by atoms with E-state index in [4.69, 9.17) is 5.73 Å². The van der Waals surface area contributed by atoms with Gasteiger partial charge in [-0.2, -0.15) is 0 Å². The molecule has 0 aliphatic carbocycles. The summed E-state index contributed by atoms with van der Waals surface area (Å²) < 4.78 is 0. The number of hydrogen-bond acceptors (Lipinski definition) is 4. The highest BCUT2D eigenvalue weighted by Crippen LogP contribution is 2.15. The van der Waals surface area contributed by atoms with E-state index in [0.717, 1.165) is 5.56 Å². The van der Waals surface area contributed by atoms with Crippen LogP contribution in [0.4, 0.5) is 10.8 Å². The number of aryl methyl sites for hydroxylation is 1. The van der Waals surface area contributed by atoms with Gasteiger partial charge in [-0.1, -0.05) is 0 Å². The third-order valence-corrected chi connectivity index (χ3v) is 2.70. The van der Waals surface area contributed by atoms with Crippen LogP contribution < -0.4 is 11.1 Å². The topological polar surface area (TPSA) is 68.0 Å². The van der Waals surface area contributed by atoms with Gasteiger partial charge in [-0.05, 0) is 30.7 Å². The molecule has 0 radical (unpaired) electrons. The molecule has 0 fully saturated rings. The van der Waals surface area contributed by atoms with Gasteiger partial charge in [0.1, 0.15) is 0 Å². The van der Waals surface area contributed by atoms with Gasteiger partial charge in [-0.15, -0.1) is 11.3 Å². The Kier molecular flexibility index (Phi) is 2.87. The van der Waals surface area contributed by atoms with Crippen LogP contribution in [0.15, 0.2) is 29.8 Å². The van der Waals surface area contributed by atoms with E-state index in [1.165, 1.54) is 11.3 Å². The van der Waals surface area contributed by atoms with Crippen molar-refractivity contribution in [2.75, 3.05) is 11.1 Å². The van der Waals surface area contributed by atoms with E-state index in [2.05, 4.69) is 10.3 Å². The van der Waals surface area contributed by atoms with Crippen LogP contribution in [0.25, 0.3) is 0 Å². The van der Waals surface area contributed by atoms with E-state index in [1.807, 2.05) is 13.0 Å². The first-order valence-electron chi connectivity index (χ1n) is 4.73. The number of rotatable bonds is 2. The standard InChI is InChI=1S/C11H11N3OS/c1-7-4-8(6-9(12)5-7)10(15)14-11-13-2-3-16-11/h2-6H,12H2,1H3,(H,13,14,15). The van der Waals surface area contributed by atoms with Crippen molar-refractivity contribution in [3.05, 3.63) is 40.9 Å². The summed E-state index contributed by atoms with van der Waals surface area (Å²) in [5, 5.41) is 5.10. The van der Waals surface area contributed by atoms with Crippen LogP contribution in [0, 0.1) is 6.92 Å². The number of nitrogens with one attached hydrogen (secondary N) is 1. The third kappa shape index (κ3) is 2.38. The van der Waals surface area contributed by atoms with Crippen molar-refractivity contribution in [1.82, 2.24) is 4.98 Å². The van der Waals surface area contributed by atoms with Crippen molar-refractivity contribution in [3.63, 3.8) is 0 Å². The minimum Gasteiger partial charge on any atom is -0.399 e. The van der Waals surface area contributed by atoms with Crippen molar-refractivity contribution >= 4 is 28.1 Å². The van der Waals surface area contributed by atoms with Crippen molar-refractivity contribution in [3.8, 4) is 0 Å². The molecular formula is C11H11N3OS. The summed E-state index contributed by atoms with van der Waals surface area (Å²) in [6.45, 7) is 1.90. The molecule has 2 aromatic rings. The molecule has 0 saturated heterocycles. The summed E-state index contributed by atoms with van der Waals surface area (Å²) in [6.07, 6.45) is 1.64. The molecule has 1 aromatic heterocycles. The number of benzene rings is 1. The third-order valence-electron chi connectivity index (χ3n) is 2.01. The van der Waals surface area contributed by atoms with E-state index < -0.39 is 0 Å². The number of nitrogen functional groups attached to an aromatic ring is 1. The number of thiazole rings is 1. The second kappa shape index (κ2) is 4.32. The van der Waals surface area contributed by atoms with Gasteiger partial charge in [0.2, 0.25) is 0 Å². The molecule has 0 aliphatic rings. The Labute approximate surface area is 97.1 Å². The van der Waals surface area contributed by atoms with Crippen LogP contribution in [0.2, 0.25) is 0 Å². The Balaban J connectivity index is 2.21. The summed E-state index contributed by atoms with van der Waals surface area (Å²) in [6, 6.07) is 5.26. The van der Waals surface area contributed by atoms with Crippen molar-refractivity contribution < 1.29 is 4.79 Å². The first-order chi connectivity index (χ1) is 7.65. The lowest BCUT2D eigenvalue weighted by Gasteiger charge is -2.04. The molecule has 5 heteroatoms. The highest BCUT2D eigenvalue weighted by atomic mass is 32.1. The van der Waals surface area contributed by atoms with Crippen LogP contribution in [-0.4, -0.2) is 10.9 Å². The molecule has 82 valence electrons. The molecule has 1 amide bonds. The Bertz CT molecular complexity index is 488. The summed E-state index contributed by atoms with van der Waals surface area (Å²) in [7, 11) is 0. The Morgan fingerprint density at radius 1 is 1.44 bits per heavy atom. The number of carbonyl (C=O) groups excluding carboxylic acids is 1. The van der Waals surface area contributed by atoms with Gasteiger partial charge in [-0.25, -0.2) is 4.98 Å². The van der Waals surface area contributed by atoms with Crippen molar-refractivity contribution in [1.29, 1.82) is 0 Å². The highest BCUT2D eigenvalue weighted by molar-refractivity contribution is 7.13. The summed E-state index contributed by atoms with van der Waals surface area (Å²) in [4.78, 5) is 15.8. The fourth-order valence-electron chi connectivity index (χ4n) is 1.40. The molecule has 0 saturated carbocycles. The predicted molar refractivity (Wildman–Crippen MR) is 65.7 cm³/mol. The van der Waals surface area contributed by atoms with Crippen LogP contribution >= 0.6 is 11.3 Å². The summed E-state index contributed by atoms with van der Waals surface area (Å²) in [5.41, 5.74) is 7.78. The van der Waals surface area contributed by atoms with Gasteiger partial charge < -0.3 is 5.73 Å². The number of carbonyl (C=O) groups is 1. The first-order valence-corrected chi connectivity index (χ1v) is 5.61. The smallest absolute Gasteiger partial charge is 0.257 e. The Hall–Kier alpha value is -1.88. The zero-order valence-electron chi connectivity index (χ0n) is 8.73. The molecule has 16 heavy (non-hydrogen) atoms. The first kappa shape index (κ1) is 10.6. The summed E-state index contributed by atoms with van der Waals surface area (Å²) in [5.74, 6) is -0.189. The lowest BCUT2D eigenvalue weighted by atomic mass is 10.1. The largest absolute Gasteiger partial charge is 0.399 e. The van der Waals surface area contributed by atoms with E-state index in [0.29, 0.717) is 16.4 Å². The van der Waals surface area contributed by atoms with Gasteiger partial charge >= 0.3 is 0 Å². The molecule has 0 bridgehead atoms. The second-order valence-electron chi connectivity index (χ2n) is 3.42. The van der Waals surface area contributed by atoms with Crippen molar-refractivity contribution in [2.24, 2.45) is 0 Å². The van der Waals surface area contributed by atoms with E-state index >= 15 is 0 Å². The maximum absolute atomic E-state index is 11.8. The number of nitrogens with two attached hydrogens (primary N) is 1. The number of amides is 1. The molecule has 3 N–H and O–H groups in total. The molecule has 4 nitrogen and oxygen atoms in total. The molecule has 0 aliphatic heterocycles. The number of anilines is 2. The SMILES string of the molecule is Cc1cc(N)cc(C(=O)Nc2nccs2)c1. The van der Waals surface area contributed by atoms with Gasteiger partial charge in [0, 0.05) is 22.8 Å². The van der Waals surface area contributed by atoms with Crippen LogP contribution in [-0.2, 0) is 0 Å². The van der Waals surface area contributed by atoms with Gasteiger partial charge in [0.25, 0.3) is 5.91 Å². The van der Waals surface area contributed by atoms with Crippen LogP contribution in [0.3, 0.4) is 0 Å². The average molecular weight is 233 g/mol. The van der Waals surface area contributed by atoms with E-state index in [-0.39, 0.29) is 5.91 Å². The minimum atomic E-state index is -0.189. The summed E-state index contributed by atoms with van der Waals surface area (Å²) >= 11 is 1.38. The molecule has 0 spiro atoms. The monoisotopic (exact) mass is 233 g/mol. The zero-order chi connectivity index (χ0) is 11.5. The van der Waals surface area contributed by atoms with E-state index in [1.54, 1.807) is 23.7 Å². The van der Waals surface area contributed by atoms with Crippen LogP contribution in [0.5, 0.6) is 0 Å². The van der Waals surface area contributed by atoms with Gasteiger partial charge in [0.15, 0.2) is 5.13 Å². The van der Waals surface area contributed by atoms with Gasteiger partial charge in [0.05, 0.1) is 0 Å². The van der Waals surface area contributed by atoms with E-state index in [9.17, 15) is 4.79 Å². The van der Waals surface area contributed by atoms with Crippen LogP contribution in [0.1, 0.15) is 15.9 Å². The zero-order valence-corrected chi connectivity index (χ0v) is 9.54. The predicted octanol–water partition coefficient (Wildman–Crippen LogP) is 2.29. The quantitative estimate of drug-likeness (QED) is 0.782. The molecule has 0 atom stereocenters. The normalized spacial score (nSPS) is 10.1. The maximum atomic E-state index is 11.8. The average Bonchev–Trinajstić information content (AvgIpc) is 2.68. The number of nitrogens with zero attached hydrogens (tertiary/aromatic N) is 1. The second-order valence-corrected chi connectivity index (χ2v) is 4.32. The van der Waals surface area contributed by atoms with Crippen molar-refractivity contribution in [2.45, 2.75) is 6.92 Å². The highest BCUT2D eigenvalue weighted by Gasteiger charge is 2.08. The Morgan fingerprint density at radius 2 is 2.25 bits per heavy atom. The Morgan fingerprint density at radius 3 is 2.88 bits per heavy atom. The number of aromatic nitrogens is 1. The minimum absolute atomic E-state index is 0.189. The lowest BCUT2D eigenvalue weighted by molar-refractivity contribution is 0.102. The molecular weight excluding hydrogens is 222 g/mol. The number of hydrogen-bond donors (Lipinski definition) is 2. The maximum Gasteiger partial charge on any atom is 0.257 e. The fourth-order valence-corrected chi connectivity index (χ4v) is 1.92. The lowest BCUT2D eigenvalue weighted by Crippen LogP contribution is -2.12.